The van der Waals surface area contributed by atoms with Crippen molar-refractivity contribution >= 4 is 11.6 Å². The van der Waals surface area contributed by atoms with E-state index in [1.165, 1.54) is 0 Å². The lowest BCUT2D eigenvalue weighted by molar-refractivity contribution is -0.138. The number of nitrogens with two attached hydrogens (primary N) is 1. The molecular formula is C14H24N4O2. The summed E-state index contributed by atoms with van der Waals surface area (Å²) in [6.07, 6.45) is 1.56. The highest BCUT2D eigenvalue weighted by Gasteiger charge is 2.27. The maximum absolute atomic E-state index is 12.5. The first kappa shape index (κ1) is 14.8. The Labute approximate surface area is 119 Å². The SMILES string of the molecule is CCc1nn(C(C)C(=O)N2CCOCC2)c(CC)c1N. The summed E-state index contributed by atoms with van der Waals surface area (Å²) in [5, 5.41) is 4.53. The average Bonchev–Trinajstić information content (AvgIpc) is 2.82. The standard InChI is InChI=1S/C14H24N4O2/c1-4-11-13(15)12(5-2)18(16-11)10(3)14(19)17-6-8-20-9-7-17/h10H,4-9,15H2,1-3H3. The second-order valence-electron chi connectivity index (χ2n) is 5.07. The van der Waals surface area contributed by atoms with Gasteiger partial charge in [-0.15, -0.1) is 0 Å². The van der Waals surface area contributed by atoms with Crippen molar-refractivity contribution in [2.45, 2.75) is 39.7 Å². The molecule has 1 aliphatic rings. The minimum atomic E-state index is -0.314. The molecule has 1 aromatic heterocycles. The number of nitrogens with zero attached hydrogens (tertiary/aromatic N) is 3. The molecule has 0 aromatic carbocycles. The quantitative estimate of drug-likeness (QED) is 0.893. The predicted octanol–water partition coefficient (Wildman–Crippen LogP) is 1.01. The van der Waals surface area contributed by atoms with Gasteiger partial charge in [-0.1, -0.05) is 13.8 Å². The molecule has 1 saturated heterocycles. The summed E-state index contributed by atoms with van der Waals surface area (Å²) in [4.78, 5) is 14.4. The highest BCUT2D eigenvalue weighted by molar-refractivity contribution is 5.80. The molecule has 0 radical (unpaired) electrons. The van der Waals surface area contributed by atoms with E-state index in [0.29, 0.717) is 26.3 Å². The van der Waals surface area contributed by atoms with Crippen molar-refractivity contribution in [2.24, 2.45) is 0 Å². The molecule has 1 aromatic rings. The van der Waals surface area contributed by atoms with Crippen molar-refractivity contribution in [3.63, 3.8) is 0 Å². The fourth-order valence-electron chi connectivity index (χ4n) is 2.62. The van der Waals surface area contributed by atoms with Crippen molar-refractivity contribution < 1.29 is 9.53 Å². The smallest absolute Gasteiger partial charge is 0.247 e. The number of aromatic nitrogens is 2. The molecule has 112 valence electrons. The largest absolute Gasteiger partial charge is 0.396 e. The highest BCUT2D eigenvalue weighted by Crippen LogP contribution is 2.23. The number of aryl methyl sites for hydroxylation is 1. The molecule has 0 bridgehead atoms. The lowest BCUT2D eigenvalue weighted by Crippen LogP contribution is -2.44. The third kappa shape index (κ3) is 2.65. The van der Waals surface area contributed by atoms with Crippen LogP contribution in [-0.2, 0) is 22.4 Å². The van der Waals surface area contributed by atoms with Gasteiger partial charge >= 0.3 is 0 Å². The van der Waals surface area contributed by atoms with Gasteiger partial charge in [-0.3, -0.25) is 9.48 Å². The molecule has 1 fully saturated rings. The summed E-state index contributed by atoms with van der Waals surface area (Å²) < 4.78 is 7.08. The Bertz CT molecular complexity index is 478. The molecule has 1 aliphatic heterocycles. The van der Waals surface area contributed by atoms with Crippen molar-refractivity contribution in [1.82, 2.24) is 14.7 Å². The third-order valence-corrected chi connectivity index (χ3v) is 3.84. The normalized spacial score (nSPS) is 17.2. The zero-order valence-electron chi connectivity index (χ0n) is 12.6. The summed E-state index contributed by atoms with van der Waals surface area (Å²) in [5.41, 5.74) is 8.68. The molecule has 6 heteroatoms. The van der Waals surface area contributed by atoms with E-state index in [9.17, 15) is 4.79 Å². The van der Waals surface area contributed by atoms with Crippen LogP contribution in [0.15, 0.2) is 0 Å². The molecule has 2 heterocycles. The van der Waals surface area contributed by atoms with Gasteiger partial charge in [0.1, 0.15) is 6.04 Å². The van der Waals surface area contributed by atoms with Gasteiger partial charge in [-0.05, 0) is 19.8 Å². The van der Waals surface area contributed by atoms with Crippen LogP contribution in [0.25, 0.3) is 0 Å². The van der Waals surface area contributed by atoms with Crippen LogP contribution in [0, 0.1) is 0 Å². The second-order valence-corrected chi connectivity index (χ2v) is 5.07. The fourth-order valence-corrected chi connectivity index (χ4v) is 2.62. The van der Waals surface area contributed by atoms with E-state index in [-0.39, 0.29) is 11.9 Å². The number of carbonyl (C=O) groups is 1. The molecule has 1 amide bonds. The Kier molecular flexibility index (Phi) is 4.65. The van der Waals surface area contributed by atoms with Gasteiger partial charge in [0.25, 0.3) is 0 Å². The van der Waals surface area contributed by atoms with Gasteiger partial charge in [-0.25, -0.2) is 0 Å². The predicted molar refractivity (Wildman–Crippen MR) is 77.5 cm³/mol. The Morgan fingerprint density at radius 1 is 1.35 bits per heavy atom. The molecule has 0 spiro atoms. The van der Waals surface area contributed by atoms with E-state index in [0.717, 1.165) is 29.9 Å². The van der Waals surface area contributed by atoms with Crippen molar-refractivity contribution in [1.29, 1.82) is 0 Å². The molecule has 1 atom stereocenters. The first-order chi connectivity index (χ1) is 9.60. The summed E-state index contributed by atoms with van der Waals surface area (Å²) in [7, 11) is 0. The van der Waals surface area contributed by atoms with Crippen LogP contribution < -0.4 is 5.73 Å². The maximum Gasteiger partial charge on any atom is 0.247 e. The summed E-state index contributed by atoms with van der Waals surface area (Å²) in [6, 6.07) is -0.314. The summed E-state index contributed by atoms with van der Waals surface area (Å²) in [6.45, 7) is 8.49. The minimum Gasteiger partial charge on any atom is -0.396 e. The number of nitrogen functional groups attached to an aromatic ring is 1. The minimum absolute atomic E-state index is 0.0909. The molecule has 0 aliphatic carbocycles. The second kappa shape index (κ2) is 6.26. The first-order valence-electron chi connectivity index (χ1n) is 7.32. The van der Waals surface area contributed by atoms with Crippen LogP contribution in [-0.4, -0.2) is 46.9 Å². The zero-order chi connectivity index (χ0) is 14.7. The Morgan fingerprint density at radius 3 is 2.55 bits per heavy atom. The van der Waals surface area contributed by atoms with Gasteiger partial charge in [0.15, 0.2) is 0 Å². The van der Waals surface area contributed by atoms with Crippen molar-refractivity contribution in [3.8, 4) is 0 Å². The van der Waals surface area contributed by atoms with Gasteiger partial charge in [0, 0.05) is 13.1 Å². The van der Waals surface area contributed by atoms with E-state index in [1.807, 2.05) is 25.7 Å². The highest BCUT2D eigenvalue weighted by atomic mass is 16.5. The lowest BCUT2D eigenvalue weighted by atomic mass is 10.2. The van der Waals surface area contributed by atoms with Gasteiger partial charge in [-0.2, -0.15) is 5.10 Å². The monoisotopic (exact) mass is 280 g/mol. The number of carbonyl (C=O) groups excluding carboxylic acids is 1. The Balaban J connectivity index is 2.23. The number of ether oxygens (including phenoxy) is 1. The van der Waals surface area contributed by atoms with E-state index >= 15 is 0 Å². The summed E-state index contributed by atoms with van der Waals surface area (Å²) >= 11 is 0. The van der Waals surface area contributed by atoms with E-state index in [2.05, 4.69) is 5.10 Å². The zero-order valence-corrected chi connectivity index (χ0v) is 12.6. The number of rotatable bonds is 4. The number of hydrogen-bond acceptors (Lipinski definition) is 4. The molecule has 0 saturated carbocycles. The molecule has 6 nitrogen and oxygen atoms in total. The third-order valence-electron chi connectivity index (χ3n) is 3.84. The fraction of sp³-hybridized carbons (Fsp3) is 0.714. The molecular weight excluding hydrogens is 256 g/mol. The summed E-state index contributed by atoms with van der Waals surface area (Å²) in [5.74, 6) is 0.0909. The van der Waals surface area contributed by atoms with Crippen LogP contribution >= 0.6 is 0 Å². The molecule has 2 rings (SSSR count). The van der Waals surface area contributed by atoms with E-state index in [4.69, 9.17) is 10.5 Å². The van der Waals surface area contributed by atoms with Gasteiger partial charge in [0.05, 0.1) is 30.3 Å². The topological polar surface area (TPSA) is 73.4 Å². The number of hydrogen-bond donors (Lipinski definition) is 1. The lowest BCUT2D eigenvalue weighted by Gasteiger charge is -2.29. The number of anilines is 1. The van der Waals surface area contributed by atoms with E-state index in [1.54, 1.807) is 4.68 Å². The van der Waals surface area contributed by atoms with Crippen molar-refractivity contribution in [2.75, 3.05) is 32.0 Å². The Morgan fingerprint density at radius 2 is 2.00 bits per heavy atom. The van der Waals surface area contributed by atoms with Crippen LogP contribution in [0.5, 0.6) is 0 Å². The first-order valence-corrected chi connectivity index (χ1v) is 7.32. The van der Waals surface area contributed by atoms with Gasteiger partial charge in [0.2, 0.25) is 5.91 Å². The molecule has 1 unspecified atom stereocenters. The molecule has 2 N–H and O–H groups in total. The van der Waals surface area contributed by atoms with Crippen LogP contribution in [0.4, 0.5) is 5.69 Å². The van der Waals surface area contributed by atoms with Crippen molar-refractivity contribution in [3.05, 3.63) is 11.4 Å². The number of morpholine rings is 1. The molecule has 20 heavy (non-hydrogen) atoms. The van der Waals surface area contributed by atoms with E-state index < -0.39 is 0 Å². The Hall–Kier alpha value is -1.56. The maximum atomic E-state index is 12.5. The van der Waals surface area contributed by atoms with Crippen LogP contribution in [0.3, 0.4) is 0 Å². The van der Waals surface area contributed by atoms with Crippen LogP contribution in [0.2, 0.25) is 0 Å². The number of amides is 1. The van der Waals surface area contributed by atoms with Gasteiger partial charge < -0.3 is 15.4 Å². The average molecular weight is 280 g/mol. The van der Waals surface area contributed by atoms with Crippen LogP contribution in [0.1, 0.15) is 38.2 Å².